The van der Waals surface area contributed by atoms with Gasteiger partial charge in [0.15, 0.2) is 0 Å². The molecule has 0 saturated heterocycles. The lowest BCUT2D eigenvalue weighted by Crippen LogP contribution is -2.28. The minimum atomic E-state index is 0.117. The highest BCUT2D eigenvalue weighted by atomic mass is 16.5. The fourth-order valence-corrected chi connectivity index (χ4v) is 4.28. The highest BCUT2D eigenvalue weighted by Crippen LogP contribution is 2.33. The van der Waals surface area contributed by atoms with Crippen LogP contribution in [0, 0.1) is 29.6 Å². The van der Waals surface area contributed by atoms with Gasteiger partial charge in [0.05, 0.1) is 6.54 Å². The Balaban J connectivity index is 1.57. The molecule has 0 amide bonds. The summed E-state index contributed by atoms with van der Waals surface area (Å²) in [6, 6.07) is 18.6. The van der Waals surface area contributed by atoms with Gasteiger partial charge in [0.25, 0.3) is 0 Å². The molecular weight excluding hydrogens is 382 g/mol. The number of allylic oxidation sites excluding steroid dienone is 1. The minimum Gasteiger partial charge on any atom is -0.492 e. The van der Waals surface area contributed by atoms with E-state index >= 15 is 0 Å². The normalized spacial score (nSPS) is 13.7. The van der Waals surface area contributed by atoms with Crippen LogP contribution in [0.5, 0.6) is 5.75 Å². The molecule has 4 heteroatoms. The van der Waals surface area contributed by atoms with Gasteiger partial charge in [-0.2, -0.15) is 10.5 Å². The van der Waals surface area contributed by atoms with E-state index < -0.39 is 0 Å². The Morgan fingerprint density at radius 2 is 1.77 bits per heavy atom. The molecule has 2 aromatic rings. The Morgan fingerprint density at radius 3 is 2.39 bits per heavy atom. The van der Waals surface area contributed by atoms with Crippen LogP contribution in [0.3, 0.4) is 0 Å². The number of likely N-dealkylation sites (N-methyl/N-ethyl adjacent to an activating group) is 1. The van der Waals surface area contributed by atoms with E-state index in [0.29, 0.717) is 6.61 Å². The largest absolute Gasteiger partial charge is 0.492 e. The minimum absolute atomic E-state index is 0.117. The molecule has 31 heavy (non-hydrogen) atoms. The molecule has 3 rings (SSSR count). The Bertz CT molecular complexity index is 957. The summed E-state index contributed by atoms with van der Waals surface area (Å²) in [6.45, 7) is 6.41. The maximum absolute atomic E-state index is 8.97. The van der Waals surface area contributed by atoms with Crippen molar-refractivity contribution in [1.29, 1.82) is 10.5 Å². The smallest absolute Gasteiger partial charge is 0.130 e. The van der Waals surface area contributed by atoms with Crippen LogP contribution in [0.25, 0.3) is 6.08 Å². The van der Waals surface area contributed by atoms with Gasteiger partial charge in [-0.15, -0.1) is 0 Å². The molecule has 0 N–H and O–H groups in total. The van der Waals surface area contributed by atoms with Crippen molar-refractivity contribution in [1.82, 2.24) is 0 Å². The standard InChI is InChI=1S/C27H31N3O/c1-3-30(26-12-9-25(21(2)17-26)18-22(19-28)20-29)15-16-31-27-13-10-24(11-14-27)23-7-5-4-6-8-23/h9-14,17-18,23H,3-8,15-16H2,1-2H3. The number of anilines is 1. The first-order valence-electron chi connectivity index (χ1n) is 11.2. The summed E-state index contributed by atoms with van der Waals surface area (Å²) in [5.41, 5.74) is 4.61. The van der Waals surface area contributed by atoms with Crippen LogP contribution in [0.2, 0.25) is 0 Å². The molecule has 0 unspecified atom stereocenters. The van der Waals surface area contributed by atoms with Crippen molar-refractivity contribution in [2.45, 2.75) is 51.9 Å². The topological polar surface area (TPSA) is 60.0 Å². The van der Waals surface area contributed by atoms with E-state index in [1.165, 1.54) is 37.7 Å². The van der Waals surface area contributed by atoms with Crippen molar-refractivity contribution in [2.24, 2.45) is 0 Å². The Kier molecular flexibility index (Phi) is 8.13. The van der Waals surface area contributed by atoms with Gasteiger partial charge in [-0.3, -0.25) is 0 Å². The summed E-state index contributed by atoms with van der Waals surface area (Å²) in [6.07, 6.45) is 8.34. The van der Waals surface area contributed by atoms with Gasteiger partial charge in [0.1, 0.15) is 30.1 Å². The fraction of sp³-hybridized carbons (Fsp3) is 0.407. The average Bonchev–Trinajstić information content (AvgIpc) is 2.82. The van der Waals surface area contributed by atoms with E-state index in [4.69, 9.17) is 15.3 Å². The number of aryl methyl sites for hydroxylation is 1. The SMILES string of the molecule is CCN(CCOc1ccc(C2CCCCC2)cc1)c1ccc(C=C(C#N)C#N)c(C)c1. The van der Waals surface area contributed by atoms with Crippen LogP contribution < -0.4 is 9.64 Å². The molecule has 2 aromatic carbocycles. The zero-order chi connectivity index (χ0) is 22.1. The molecule has 1 fully saturated rings. The van der Waals surface area contributed by atoms with Crippen LogP contribution in [0.15, 0.2) is 48.0 Å². The third kappa shape index (κ3) is 6.12. The molecular formula is C27H31N3O. The van der Waals surface area contributed by atoms with Crippen molar-refractivity contribution in [3.63, 3.8) is 0 Å². The molecule has 0 bridgehead atoms. The van der Waals surface area contributed by atoms with E-state index in [1.54, 1.807) is 6.08 Å². The third-order valence-corrected chi connectivity index (χ3v) is 6.13. The molecule has 1 aliphatic carbocycles. The molecule has 0 radical (unpaired) electrons. The summed E-state index contributed by atoms with van der Waals surface area (Å²) in [5.74, 6) is 1.64. The van der Waals surface area contributed by atoms with E-state index in [1.807, 2.05) is 31.2 Å². The van der Waals surface area contributed by atoms with Crippen LogP contribution in [0.1, 0.15) is 61.6 Å². The zero-order valence-corrected chi connectivity index (χ0v) is 18.6. The molecule has 0 spiro atoms. The molecule has 4 nitrogen and oxygen atoms in total. The Morgan fingerprint density at radius 1 is 1.06 bits per heavy atom. The van der Waals surface area contributed by atoms with Gasteiger partial charge in [-0.25, -0.2) is 0 Å². The Labute approximate surface area is 186 Å². The second kappa shape index (κ2) is 11.2. The monoisotopic (exact) mass is 413 g/mol. The van der Waals surface area contributed by atoms with Crippen molar-refractivity contribution in [3.8, 4) is 17.9 Å². The van der Waals surface area contributed by atoms with Gasteiger partial charge >= 0.3 is 0 Å². The second-order valence-corrected chi connectivity index (χ2v) is 8.15. The third-order valence-electron chi connectivity index (χ3n) is 6.13. The van der Waals surface area contributed by atoms with E-state index in [0.717, 1.165) is 41.6 Å². The number of hydrogen-bond acceptors (Lipinski definition) is 4. The summed E-state index contributed by atoms with van der Waals surface area (Å²) in [5, 5.41) is 17.9. The number of benzene rings is 2. The molecule has 0 atom stereocenters. The maximum atomic E-state index is 8.97. The highest BCUT2D eigenvalue weighted by Gasteiger charge is 2.15. The predicted molar refractivity (Wildman–Crippen MR) is 126 cm³/mol. The van der Waals surface area contributed by atoms with Crippen molar-refractivity contribution >= 4 is 11.8 Å². The predicted octanol–water partition coefficient (Wildman–Crippen LogP) is 6.38. The van der Waals surface area contributed by atoms with Crippen molar-refractivity contribution in [2.75, 3.05) is 24.6 Å². The molecule has 1 saturated carbocycles. The first-order chi connectivity index (χ1) is 15.1. The number of ether oxygens (including phenoxy) is 1. The first kappa shape index (κ1) is 22.4. The summed E-state index contributed by atoms with van der Waals surface area (Å²) >= 11 is 0. The number of nitriles is 2. The quantitative estimate of drug-likeness (QED) is 0.471. The van der Waals surface area contributed by atoms with Crippen LogP contribution in [-0.2, 0) is 0 Å². The van der Waals surface area contributed by atoms with E-state index in [-0.39, 0.29) is 5.57 Å². The van der Waals surface area contributed by atoms with Crippen LogP contribution in [0.4, 0.5) is 5.69 Å². The lowest BCUT2D eigenvalue weighted by Gasteiger charge is -2.24. The second-order valence-electron chi connectivity index (χ2n) is 8.15. The fourth-order valence-electron chi connectivity index (χ4n) is 4.28. The lowest BCUT2D eigenvalue weighted by atomic mass is 9.84. The summed E-state index contributed by atoms with van der Waals surface area (Å²) in [4.78, 5) is 2.27. The van der Waals surface area contributed by atoms with Crippen LogP contribution >= 0.6 is 0 Å². The molecule has 1 aliphatic rings. The zero-order valence-electron chi connectivity index (χ0n) is 18.6. The summed E-state index contributed by atoms with van der Waals surface area (Å²) < 4.78 is 6.01. The molecule has 0 aliphatic heterocycles. The van der Waals surface area contributed by atoms with Crippen molar-refractivity contribution in [3.05, 3.63) is 64.7 Å². The highest BCUT2D eigenvalue weighted by molar-refractivity contribution is 5.66. The van der Waals surface area contributed by atoms with Gasteiger partial charge < -0.3 is 9.64 Å². The van der Waals surface area contributed by atoms with Gasteiger partial charge in [-0.05, 0) is 79.6 Å². The lowest BCUT2D eigenvalue weighted by molar-refractivity contribution is 0.324. The Hall–Kier alpha value is -3.24. The number of rotatable bonds is 8. The van der Waals surface area contributed by atoms with Crippen molar-refractivity contribution < 1.29 is 4.74 Å². The van der Waals surface area contributed by atoms with E-state index in [9.17, 15) is 0 Å². The molecule has 0 heterocycles. The average molecular weight is 414 g/mol. The van der Waals surface area contributed by atoms with E-state index in [2.05, 4.69) is 42.2 Å². The van der Waals surface area contributed by atoms with Crippen LogP contribution in [-0.4, -0.2) is 19.7 Å². The molecule has 160 valence electrons. The van der Waals surface area contributed by atoms with Gasteiger partial charge in [-0.1, -0.05) is 37.5 Å². The number of nitrogens with zero attached hydrogens (tertiary/aromatic N) is 3. The summed E-state index contributed by atoms with van der Waals surface area (Å²) in [7, 11) is 0. The first-order valence-corrected chi connectivity index (χ1v) is 11.2. The number of hydrogen-bond donors (Lipinski definition) is 0. The molecule has 0 aromatic heterocycles. The van der Waals surface area contributed by atoms with Gasteiger partial charge in [0.2, 0.25) is 0 Å². The maximum Gasteiger partial charge on any atom is 0.130 e. The van der Waals surface area contributed by atoms with Gasteiger partial charge in [0, 0.05) is 12.2 Å².